The smallest absolute Gasteiger partial charge is 0.134 e. The molecule has 0 saturated carbocycles. The van der Waals surface area contributed by atoms with E-state index in [0.29, 0.717) is 12.5 Å². The van der Waals surface area contributed by atoms with E-state index in [0.717, 1.165) is 37.6 Å². The van der Waals surface area contributed by atoms with Crippen LogP contribution in [0.4, 0.5) is 0 Å². The maximum atomic E-state index is 5.63. The van der Waals surface area contributed by atoms with Crippen LogP contribution in [0.1, 0.15) is 24.1 Å². The van der Waals surface area contributed by atoms with Crippen molar-refractivity contribution in [2.75, 3.05) is 13.1 Å². The predicted molar refractivity (Wildman–Crippen MR) is 100 cm³/mol. The van der Waals surface area contributed by atoms with Crippen molar-refractivity contribution in [3.63, 3.8) is 0 Å². The van der Waals surface area contributed by atoms with E-state index in [4.69, 9.17) is 10.2 Å². The van der Waals surface area contributed by atoms with Crippen molar-refractivity contribution >= 4 is 0 Å². The molecule has 1 aliphatic heterocycles. The molecule has 2 N–H and O–H groups in total. The number of benzene rings is 1. The Balaban J connectivity index is 1.42. The van der Waals surface area contributed by atoms with Gasteiger partial charge in [-0.15, -0.1) is 5.10 Å². The second-order valence-electron chi connectivity index (χ2n) is 7.01. The fourth-order valence-electron chi connectivity index (χ4n) is 3.80. The summed E-state index contributed by atoms with van der Waals surface area (Å²) in [5, 5.41) is 8.28. The van der Waals surface area contributed by atoms with Gasteiger partial charge in [0.25, 0.3) is 0 Å². The van der Waals surface area contributed by atoms with E-state index in [1.807, 2.05) is 23.0 Å². The average Bonchev–Trinajstić information content (AvgIpc) is 3.34. The summed E-state index contributed by atoms with van der Waals surface area (Å²) in [5.74, 6) is 1.53. The van der Waals surface area contributed by atoms with Crippen LogP contribution in [0.5, 0.6) is 0 Å². The van der Waals surface area contributed by atoms with Gasteiger partial charge in [-0.3, -0.25) is 9.58 Å². The Hall–Kier alpha value is -2.44. The monoisotopic (exact) mass is 351 g/mol. The number of furan rings is 1. The summed E-state index contributed by atoms with van der Waals surface area (Å²) in [7, 11) is 0. The van der Waals surface area contributed by atoms with E-state index in [-0.39, 0.29) is 0 Å². The Kier molecular flexibility index (Phi) is 5.13. The van der Waals surface area contributed by atoms with Gasteiger partial charge in [-0.25, -0.2) is 0 Å². The van der Waals surface area contributed by atoms with Gasteiger partial charge in [-0.1, -0.05) is 29.5 Å². The minimum atomic E-state index is 0.445. The second-order valence-corrected chi connectivity index (χ2v) is 7.01. The minimum Gasteiger partial charge on any atom is -0.464 e. The molecule has 1 fully saturated rings. The summed E-state index contributed by atoms with van der Waals surface area (Å²) < 4.78 is 7.55. The average molecular weight is 351 g/mol. The molecular formula is C20H25N5O. The van der Waals surface area contributed by atoms with Crippen molar-refractivity contribution in [1.82, 2.24) is 19.9 Å². The van der Waals surface area contributed by atoms with Gasteiger partial charge in [0, 0.05) is 37.9 Å². The summed E-state index contributed by atoms with van der Waals surface area (Å²) in [6, 6.07) is 12.5. The van der Waals surface area contributed by atoms with Crippen LogP contribution >= 0.6 is 0 Å². The molecule has 0 amide bonds. The first-order valence-corrected chi connectivity index (χ1v) is 9.25. The summed E-state index contributed by atoms with van der Waals surface area (Å²) in [5.41, 5.74) is 8.98. The predicted octanol–water partition coefficient (Wildman–Crippen LogP) is 2.91. The molecular weight excluding hydrogens is 326 g/mol. The van der Waals surface area contributed by atoms with Crippen LogP contribution in [0.2, 0.25) is 0 Å². The molecule has 1 saturated heterocycles. The van der Waals surface area contributed by atoms with Crippen molar-refractivity contribution in [1.29, 1.82) is 0 Å². The second kappa shape index (κ2) is 7.85. The van der Waals surface area contributed by atoms with E-state index < -0.39 is 0 Å². The van der Waals surface area contributed by atoms with Crippen LogP contribution in [0.15, 0.2) is 53.3 Å². The fraction of sp³-hybridized carbons (Fsp3) is 0.400. The molecule has 1 aliphatic rings. The number of aromatic nitrogens is 3. The van der Waals surface area contributed by atoms with Gasteiger partial charge in [-0.05, 0) is 43.0 Å². The maximum absolute atomic E-state index is 5.63. The van der Waals surface area contributed by atoms with E-state index in [9.17, 15) is 0 Å². The fourth-order valence-corrected chi connectivity index (χ4v) is 3.80. The first kappa shape index (κ1) is 17.0. The quantitative estimate of drug-likeness (QED) is 0.739. The lowest BCUT2D eigenvalue weighted by Gasteiger charge is -2.33. The van der Waals surface area contributed by atoms with Gasteiger partial charge < -0.3 is 10.2 Å². The summed E-state index contributed by atoms with van der Waals surface area (Å²) in [6.45, 7) is 4.50. The highest BCUT2D eigenvalue weighted by atomic mass is 16.3. The van der Waals surface area contributed by atoms with Crippen molar-refractivity contribution in [2.24, 2.45) is 11.7 Å². The molecule has 26 heavy (non-hydrogen) atoms. The molecule has 6 heteroatoms. The van der Waals surface area contributed by atoms with E-state index in [1.54, 1.807) is 6.26 Å². The molecule has 2 aromatic heterocycles. The third-order valence-corrected chi connectivity index (χ3v) is 5.04. The van der Waals surface area contributed by atoms with Gasteiger partial charge >= 0.3 is 0 Å². The third-order valence-electron chi connectivity index (χ3n) is 5.04. The highest BCUT2D eigenvalue weighted by Gasteiger charge is 2.22. The Morgan fingerprint density at radius 1 is 1.19 bits per heavy atom. The molecule has 1 atom stereocenters. The first-order chi connectivity index (χ1) is 12.8. The molecule has 1 unspecified atom stereocenters. The number of hydrogen-bond donors (Lipinski definition) is 1. The Labute approximate surface area is 153 Å². The van der Waals surface area contributed by atoms with E-state index in [2.05, 4.69) is 39.5 Å². The van der Waals surface area contributed by atoms with E-state index >= 15 is 0 Å². The summed E-state index contributed by atoms with van der Waals surface area (Å²) in [4.78, 5) is 2.54. The normalized spacial score (nSPS) is 18.3. The first-order valence-electron chi connectivity index (χ1n) is 9.25. The zero-order valence-electron chi connectivity index (χ0n) is 14.9. The van der Waals surface area contributed by atoms with Crippen LogP contribution in [-0.4, -0.2) is 33.0 Å². The van der Waals surface area contributed by atoms with Crippen LogP contribution in [0.25, 0.3) is 11.3 Å². The number of piperidine rings is 1. The van der Waals surface area contributed by atoms with Crippen molar-refractivity contribution in [3.8, 4) is 11.3 Å². The largest absolute Gasteiger partial charge is 0.464 e. The van der Waals surface area contributed by atoms with Gasteiger partial charge in [0.15, 0.2) is 0 Å². The highest BCUT2D eigenvalue weighted by molar-refractivity contribution is 5.61. The van der Waals surface area contributed by atoms with Crippen LogP contribution in [-0.2, 0) is 19.6 Å². The van der Waals surface area contributed by atoms with Crippen molar-refractivity contribution < 1.29 is 4.42 Å². The summed E-state index contributed by atoms with van der Waals surface area (Å²) >= 11 is 0. The van der Waals surface area contributed by atoms with Gasteiger partial charge in [0.2, 0.25) is 0 Å². The minimum absolute atomic E-state index is 0.445. The van der Waals surface area contributed by atoms with Crippen molar-refractivity contribution in [2.45, 2.75) is 32.5 Å². The van der Waals surface area contributed by atoms with Crippen LogP contribution < -0.4 is 5.73 Å². The van der Waals surface area contributed by atoms with Gasteiger partial charge in [0.05, 0.1) is 12.0 Å². The number of hydrogen-bond acceptors (Lipinski definition) is 5. The molecule has 0 spiro atoms. The van der Waals surface area contributed by atoms with E-state index in [1.165, 1.54) is 24.0 Å². The Morgan fingerprint density at radius 2 is 2.12 bits per heavy atom. The lowest BCUT2D eigenvalue weighted by atomic mass is 9.96. The Bertz CT molecular complexity index is 826. The van der Waals surface area contributed by atoms with Crippen LogP contribution in [0.3, 0.4) is 0 Å². The standard InChI is InChI=1S/C20H25N5O/c21-11-18-15-25(23-22-18)13-16-5-3-9-24(12-16)14-17-6-1-2-7-19(17)20-8-4-10-26-20/h1-2,4,6-8,10,15-16H,3,5,9,11-14,21H2. The van der Waals surface area contributed by atoms with Gasteiger partial charge in [0.1, 0.15) is 5.76 Å². The highest BCUT2D eigenvalue weighted by Crippen LogP contribution is 2.27. The lowest BCUT2D eigenvalue weighted by molar-refractivity contribution is 0.153. The van der Waals surface area contributed by atoms with Crippen LogP contribution in [0, 0.1) is 5.92 Å². The van der Waals surface area contributed by atoms with Crippen molar-refractivity contribution in [3.05, 3.63) is 60.1 Å². The molecule has 0 aliphatic carbocycles. The number of likely N-dealkylation sites (tertiary alicyclic amines) is 1. The number of nitrogens with two attached hydrogens (primary N) is 1. The molecule has 3 aromatic rings. The topological polar surface area (TPSA) is 73.1 Å². The molecule has 1 aromatic carbocycles. The molecule has 0 bridgehead atoms. The molecule has 0 radical (unpaired) electrons. The molecule has 4 rings (SSSR count). The molecule has 6 nitrogen and oxygen atoms in total. The maximum Gasteiger partial charge on any atom is 0.134 e. The number of rotatable bonds is 6. The SMILES string of the molecule is NCc1cn(CC2CCCN(Cc3ccccc3-c3ccco3)C2)nn1. The number of nitrogens with zero attached hydrogens (tertiary/aromatic N) is 4. The van der Waals surface area contributed by atoms with Gasteiger partial charge in [-0.2, -0.15) is 0 Å². The zero-order chi connectivity index (χ0) is 17.8. The molecule has 136 valence electrons. The Morgan fingerprint density at radius 3 is 2.92 bits per heavy atom. The lowest BCUT2D eigenvalue weighted by Crippen LogP contribution is -2.36. The zero-order valence-corrected chi connectivity index (χ0v) is 14.9. The molecule has 3 heterocycles. The summed E-state index contributed by atoms with van der Waals surface area (Å²) in [6.07, 6.45) is 6.14. The third kappa shape index (κ3) is 3.86.